The SMILES string of the molecule is CCOc1cc(C=O)ccc1OCC(=O)Nc1ccc(Cl)c(C(F)(F)F)c1. The Morgan fingerprint density at radius 3 is 2.52 bits per heavy atom. The molecule has 1 N–H and O–H groups in total. The van der Waals surface area contributed by atoms with Crippen LogP contribution in [0.4, 0.5) is 18.9 Å². The van der Waals surface area contributed by atoms with E-state index >= 15 is 0 Å². The van der Waals surface area contributed by atoms with E-state index in [2.05, 4.69) is 5.32 Å². The van der Waals surface area contributed by atoms with Gasteiger partial charge in [0, 0.05) is 11.3 Å². The third-order valence-corrected chi connectivity index (χ3v) is 3.65. The van der Waals surface area contributed by atoms with Crippen molar-refractivity contribution in [1.82, 2.24) is 0 Å². The Morgan fingerprint density at radius 2 is 1.89 bits per heavy atom. The summed E-state index contributed by atoms with van der Waals surface area (Å²) in [4.78, 5) is 22.8. The van der Waals surface area contributed by atoms with Crippen molar-refractivity contribution in [3.63, 3.8) is 0 Å². The molecule has 0 unspecified atom stereocenters. The maximum Gasteiger partial charge on any atom is 0.417 e. The molecule has 0 fully saturated rings. The number of benzene rings is 2. The summed E-state index contributed by atoms with van der Waals surface area (Å²) in [5, 5.41) is 1.84. The first-order valence-electron chi connectivity index (χ1n) is 7.76. The second-order valence-electron chi connectivity index (χ2n) is 5.29. The van der Waals surface area contributed by atoms with Crippen molar-refractivity contribution < 1.29 is 32.2 Å². The first-order valence-corrected chi connectivity index (χ1v) is 8.13. The van der Waals surface area contributed by atoms with E-state index in [-0.39, 0.29) is 17.2 Å². The number of halogens is 4. The van der Waals surface area contributed by atoms with Crippen LogP contribution in [-0.4, -0.2) is 25.4 Å². The lowest BCUT2D eigenvalue weighted by atomic mass is 10.2. The van der Waals surface area contributed by atoms with E-state index in [0.29, 0.717) is 18.5 Å². The largest absolute Gasteiger partial charge is 0.490 e. The first kappa shape index (κ1) is 20.6. The molecule has 144 valence electrons. The van der Waals surface area contributed by atoms with Crippen molar-refractivity contribution in [2.75, 3.05) is 18.5 Å². The number of amides is 1. The fourth-order valence-electron chi connectivity index (χ4n) is 2.15. The third kappa shape index (κ3) is 5.62. The summed E-state index contributed by atoms with van der Waals surface area (Å²) in [5.74, 6) is -0.169. The molecule has 0 aliphatic carbocycles. The van der Waals surface area contributed by atoms with Crippen molar-refractivity contribution >= 4 is 29.5 Å². The summed E-state index contributed by atoms with van der Waals surface area (Å²) in [6.07, 6.45) is -4.00. The number of ether oxygens (including phenoxy) is 2. The average Bonchev–Trinajstić information content (AvgIpc) is 2.61. The van der Waals surface area contributed by atoms with E-state index in [1.54, 1.807) is 6.92 Å². The van der Waals surface area contributed by atoms with Crippen molar-refractivity contribution in [1.29, 1.82) is 0 Å². The van der Waals surface area contributed by atoms with Gasteiger partial charge in [-0.15, -0.1) is 0 Å². The number of hydrogen-bond acceptors (Lipinski definition) is 4. The Labute approximate surface area is 158 Å². The number of rotatable bonds is 7. The quantitative estimate of drug-likeness (QED) is 0.689. The minimum atomic E-state index is -4.64. The number of carbonyl (C=O) groups excluding carboxylic acids is 2. The molecule has 2 rings (SSSR count). The molecule has 0 aliphatic heterocycles. The van der Waals surface area contributed by atoms with Gasteiger partial charge < -0.3 is 14.8 Å². The summed E-state index contributed by atoms with van der Waals surface area (Å²) in [5.41, 5.74) is -0.747. The van der Waals surface area contributed by atoms with Crippen LogP contribution < -0.4 is 14.8 Å². The number of carbonyl (C=O) groups is 2. The molecule has 0 aliphatic rings. The van der Waals surface area contributed by atoms with Crippen LogP contribution in [0.5, 0.6) is 11.5 Å². The van der Waals surface area contributed by atoms with E-state index in [1.165, 1.54) is 24.3 Å². The van der Waals surface area contributed by atoms with Gasteiger partial charge in [-0.2, -0.15) is 13.2 Å². The topological polar surface area (TPSA) is 64.6 Å². The van der Waals surface area contributed by atoms with Crippen LogP contribution in [-0.2, 0) is 11.0 Å². The molecule has 0 spiro atoms. The predicted octanol–water partition coefficient (Wildman–Crippen LogP) is 4.59. The molecule has 0 bridgehead atoms. The minimum absolute atomic E-state index is 0.0679. The molecule has 27 heavy (non-hydrogen) atoms. The number of alkyl halides is 3. The van der Waals surface area contributed by atoms with Gasteiger partial charge in [0.15, 0.2) is 18.1 Å². The zero-order valence-corrected chi connectivity index (χ0v) is 14.9. The zero-order chi connectivity index (χ0) is 20.0. The van der Waals surface area contributed by atoms with Gasteiger partial charge in [-0.05, 0) is 43.3 Å². The van der Waals surface area contributed by atoms with Crippen molar-refractivity contribution in [3.05, 3.63) is 52.5 Å². The lowest BCUT2D eigenvalue weighted by Gasteiger charge is -2.13. The highest BCUT2D eigenvalue weighted by atomic mass is 35.5. The summed E-state index contributed by atoms with van der Waals surface area (Å²) in [6, 6.07) is 7.44. The Hall–Kier alpha value is -2.74. The smallest absolute Gasteiger partial charge is 0.417 e. The van der Waals surface area contributed by atoms with E-state index < -0.39 is 29.3 Å². The highest BCUT2D eigenvalue weighted by Crippen LogP contribution is 2.36. The molecular weight excluding hydrogens is 387 g/mol. The van der Waals surface area contributed by atoms with Crippen LogP contribution in [0, 0.1) is 0 Å². The second-order valence-corrected chi connectivity index (χ2v) is 5.69. The van der Waals surface area contributed by atoms with Gasteiger partial charge >= 0.3 is 6.18 Å². The maximum atomic E-state index is 12.9. The van der Waals surface area contributed by atoms with Gasteiger partial charge in [0.25, 0.3) is 5.91 Å². The van der Waals surface area contributed by atoms with Gasteiger partial charge in [0.2, 0.25) is 0 Å². The number of anilines is 1. The van der Waals surface area contributed by atoms with E-state index in [4.69, 9.17) is 21.1 Å². The Kier molecular flexibility index (Phi) is 6.68. The molecule has 0 saturated heterocycles. The Balaban J connectivity index is 2.06. The lowest BCUT2D eigenvalue weighted by Crippen LogP contribution is -2.20. The van der Waals surface area contributed by atoms with Crippen LogP contribution in [0.2, 0.25) is 5.02 Å². The number of hydrogen-bond donors (Lipinski definition) is 1. The van der Waals surface area contributed by atoms with Crippen LogP contribution in [0.15, 0.2) is 36.4 Å². The van der Waals surface area contributed by atoms with Gasteiger partial charge in [-0.3, -0.25) is 9.59 Å². The summed E-state index contributed by atoms with van der Waals surface area (Å²) >= 11 is 5.53. The standard InChI is InChI=1S/C18H15ClF3NO4/c1-2-26-16-7-11(9-24)3-6-15(16)27-10-17(25)23-12-4-5-14(19)13(8-12)18(20,21)22/h3-9H,2,10H2,1H3,(H,23,25). The summed E-state index contributed by atoms with van der Waals surface area (Å²) in [6.45, 7) is 1.59. The van der Waals surface area contributed by atoms with Gasteiger partial charge in [-0.1, -0.05) is 11.6 Å². The molecule has 0 aromatic heterocycles. The molecule has 0 atom stereocenters. The zero-order valence-electron chi connectivity index (χ0n) is 14.1. The fourth-order valence-corrected chi connectivity index (χ4v) is 2.37. The van der Waals surface area contributed by atoms with Crippen LogP contribution >= 0.6 is 11.6 Å². The van der Waals surface area contributed by atoms with Crippen LogP contribution in [0.25, 0.3) is 0 Å². The molecule has 1 amide bonds. The second kappa shape index (κ2) is 8.77. The van der Waals surface area contributed by atoms with E-state index in [1.807, 2.05) is 0 Å². The average molecular weight is 402 g/mol. The molecule has 9 heteroatoms. The van der Waals surface area contributed by atoms with Crippen molar-refractivity contribution in [2.45, 2.75) is 13.1 Å². The monoisotopic (exact) mass is 401 g/mol. The van der Waals surface area contributed by atoms with Gasteiger partial charge in [-0.25, -0.2) is 0 Å². The van der Waals surface area contributed by atoms with Crippen LogP contribution in [0.1, 0.15) is 22.8 Å². The highest BCUT2D eigenvalue weighted by molar-refractivity contribution is 6.31. The molecule has 5 nitrogen and oxygen atoms in total. The summed E-state index contributed by atoms with van der Waals surface area (Å²) < 4.78 is 49.2. The highest BCUT2D eigenvalue weighted by Gasteiger charge is 2.33. The first-order chi connectivity index (χ1) is 12.7. The predicted molar refractivity (Wildman–Crippen MR) is 93.6 cm³/mol. The molecule has 0 saturated carbocycles. The molecular formula is C18H15ClF3NO4. The van der Waals surface area contributed by atoms with Crippen molar-refractivity contribution in [3.8, 4) is 11.5 Å². The fraction of sp³-hybridized carbons (Fsp3) is 0.222. The minimum Gasteiger partial charge on any atom is -0.490 e. The number of nitrogens with one attached hydrogen (secondary N) is 1. The molecule has 0 radical (unpaired) electrons. The van der Waals surface area contributed by atoms with Gasteiger partial charge in [0.05, 0.1) is 17.2 Å². The summed E-state index contributed by atoms with van der Waals surface area (Å²) in [7, 11) is 0. The third-order valence-electron chi connectivity index (χ3n) is 3.32. The number of aldehydes is 1. The lowest BCUT2D eigenvalue weighted by molar-refractivity contribution is -0.137. The normalized spacial score (nSPS) is 11.0. The Bertz CT molecular complexity index is 840. The van der Waals surface area contributed by atoms with E-state index in [9.17, 15) is 22.8 Å². The van der Waals surface area contributed by atoms with Crippen LogP contribution in [0.3, 0.4) is 0 Å². The molecule has 0 heterocycles. The van der Waals surface area contributed by atoms with Crippen molar-refractivity contribution in [2.24, 2.45) is 0 Å². The molecule has 2 aromatic rings. The van der Waals surface area contributed by atoms with Gasteiger partial charge in [0.1, 0.15) is 6.29 Å². The van der Waals surface area contributed by atoms with E-state index in [0.717, 1.165) is 12.1 Å². The Morgan fingerprint density at radius 1 is 1.15 bits per heavy atom. The molecule has 2 aromatic carbocycles. The maximum absolute atomic E-state index is 12.9.